The van der Waals surface area contributed by atoms with E-state index in [1.54, 1.807) is 38.1 Å². The van der Waals surface area contributed by atoms with Crippen molar-refractivity contribution in [3.05, 3.63) is 46.9 Å². The molecule has 0 bridgehead atoms. The second-order valence-electron chi connectivity index (χ2n) is 7.74. The molecule has 2 aromatic carbocycles. The molecule has 0 spiro atoms. The fourth-order valence-corrected chi connectivity index (χ4v) is 3.76. The zero-order valence-electron chi connectivity index (χ0n) is 22.3. The molecule has 1 saturated heterocycles. The minimum absolute atomic E-state index is 0.0540. The van der Waals surface area contributed by atoms with Crippen LogP contribution in [-0.2, 0) is 19.0 Å². The van der Waals surface area contributed by atoms with Crippen LogP contribution in [-0.4, -0.2) is 61.0 Å². The first-order valence-electron chi connectivity index (χ1n) is 11.4. The highest BCUT2D eigenvalue weighted by atomic mass is 16.9. The third kappa shape index (κ3) is 5.86. The van der Waals surface area contributed by atoms with Crippen molar-refractivity contribution in [1.29, 1.82) is 0 Å². The summed E-state index contributed by atoms with van der Waals surface area (Å²) in [4.78, 5) is 13.6. The van der Waals surface area contributed by atoms with Crippen molar-refractivity contribution in [3.63, 3.8) is 0 Å². The van der Waals surface area contributed by atoms with Crippen molar-refractivity contribution in [1.82, 2.24) is 0 Å². The molecular weight excluding hydrogens is 484 g/mol. The highest BCUT2D eigenvalue weighted by molar-refractivity contribution is 6.11. The number of ether oxygens (including phenoxy) is 9. The third-order valence-electron chi connectivity index (χ3n) is 5.50. The fraction of sp³-hybridized carbons (Fsp3) is 0.370. The molecule has 1 aliphatic heterocycles. The molecule has 1 fully saturated rings. The quantitative estimate of drug-likeness (QED) is 0.421. The number of hydrogen-bond acceptors (Lipinski definition) is 10. The Balaban J connectivity index is 2.21. The lowest BCUT2D eigenvalue weighted by molar-refractivity contribution is -0.343. The van der Waals surface area contributed by atoms with E-state index in [1.807, 2.05) is 0 Å². The van der Waals surface area contributed by atoms with Crippen LogP contribution in [0.5, 0.6) is 34.5 Å². The van der Waals surface area contributed by atoms with Gasteiger partial charge in [-0.05, 0) is 19.1 Å². The normalized spacial score (nSPS) is 19.2. The van der Waals surface area contributed by atoms with Crippen LogP contribution in [0, 0.1) is 0 Å². The minimum Gasteiger partial charge on any atom is -0.496 e. The van der Waals surface area contributed by atoms with E-state index in [4.69, 9.17) is 42.6 Å². The second kappa shape index (κ2) is 11.8. The summed E-state index contributed by atoms with van der Waals surface area (Å²) >= 11 is 0. The molecule has 0 amide bonds. The average molecular weight is 517 g/mol. The van der Waals surface area contributed by atoms with Gasteiger partial charge in [0.05, 0.1) is 60.4 Å². The Morgan fingerprint density at radius 3 is 1.30 bits per heavy atom. The first-order chi connectivity index (χ1) is 17.8. The van der Waals surface area contributed by atoms with E-state index in [-0.39, 0.29) is 18.1 Å². The van der Waals surface area contributed by atoms with Gasteiger partial charge in [0.25, 0.3) is 5.78 Å². The molecule has 3 rings (SSSR count). The van der Waals surface area contributed by atoms with Gasteiger partial charge in [-0.25, -0.2) is 0 Å². The van der Waals surface area contributed by atoms with E-state index in [0.717, 1.165) is 0 Å². The summed E-state index contributed by atoms with van der Waals surface area (Å²) in [6.45, 7) is 3.61. The highest BCUT2D eigenvalue weighted by Crippen LogP contribution is 2.41. The summed E-state index contributed by atoms with van der Waals surface area (Å²) in [5, 5.41) is 0. The second-order valence-corrected chi connectivity index (χ2v) is 7.74. The van der Waals surface area contributed by atoms with Crippen LogP contribution < -0.4 is 28.4 Å². The van der Waals surface area contributed by atoms with Gasteiger partial charge in [-0.3, -0.25) is 4.79 Å². The molecule has 37 heavy (non-hydrogen) atoms. The van der Waals surface area contributed by atoms with Crippen molar-refractivity contribution in [2.24, 2.45) is 0 Å². The van der Waals surface area contributed by atoms with E-state index in [0.29, 0.717) is 45.6 Å². The Kier molecular flexibility index (Phi) is 8.77. The number of rotatable bonds is 10. The van der Waals surface area contributed by atoms with Gasteiger partial charge in [-0.1, -0.05) is 0 Å². The van der Waals surface area contributed by atoms with E-state index >= 15 is 0 Å². The van der Waals surface area contributed by atoms with Crippen LogP contribution >= 0.6 is 0 Å². The Hall–Kier alpha value is -4.05. The number of methoxy groups -OCH3 is 6. The van der Waals surface area contributed by atoms with Gasteiger partial charge in [0.2, 0.25) is 0 Å². The maximum Gasteiger partial charge on any atom is 0.368 e. The number of carbonyl (C=O) groups is 1. The van der Waals surface area contributed by atoms with Gasteiger partial charge in [0.15, 0.2) is 11.5 Å². The molecule has 200 valence electrons. The zero-order valence-corrected chi connectivity index (χ0v) is 22.3. The molecule has 1 heterocycles. The van der Waals surface area contributed by atoms with E-state index in [1.165, 1.54) is 54.8 Å². The molecule has 2 aromatic rings. The van der Waals surface area contributed by atoms with Crippen molar-refractivity contribution >= 4 is 17.9 Å². The number of Topliss-reactive ketones (excluding diaryl/α,β-unsaturated/α-hetero) is 1. The number of benzene rings is 2. The number of ketones is 1. The Morgan fingerprint density at radius 1 is 0.676 bits per heavy atom. The van der Waals surface area contributed by atoms with Crippen LogP contribution in [0.1, 0.15) is 25.0 Å². The lowest BCUT2D eigenvalue weighted by Gasteiger charge is -2.35. The third-order valence-corrected chi connectivity index (χ3v) is 5.50. The molecule has 0 radical (unpaired) electrons. The van der Waals surface area contributed by atoms with Gasteiger partial charge < -0.3 is 42.6 Å². The first kappa shape index (κ1) is 27.5. The summed E-state index contributed by atoms with van der Waals surface area (Å²) in [5.41, 5.74) is 0.933. The lowest BCUT2D eigenvalue weighted by atomic mass is 10.1. The van der Waals surface area contributed by atoms with Crippen molar-refractivity contribution in [2.45, 2.75) is 19.8 Å². The van der Waals surface area contributed by atoms with Crippen LogP contribution in [0.3, 0.4) is 0 Å². The van der Waals surface area contributed by atoms with E-state index in [2.05, 4.69) is 0 Å². The van der Waals surface area contributed by atoms with Gasteiger partial charge in [0, 0.05) is 31.2 Å². The molecule has 0 N–H and O–H groups in total. The Labute approximate surface area is 216 Å². The molecule has 10 heteroatoms. The summed E-state index contributed by atoms with van der Waals surface area (Å²) < 4.78 is 50.2. The van der Waals surface area contributed by atoms with Crippen molar-refractivity contribution in [3.8, 4) is 34.5 Å². The first-order valence-corrected chi connectivity index (χ1v) is 11.4. The summed E-state index contributed by atoms with van der Waals surface area (Å²) in [7, 11) is 9.07. The smallest absolute Gasteiger partial charge is 0.368 e. The SMILES string of the molecule is CCOC1(C)OC(=Cc2c(OC)cc(OC)cc2OC)C(=O)C(=Cc2c(OC)cc(OC)cc2OC)O1. The summed E-state index contributed by atoms with van der Waals surface area (Å²) in [6, 6.07) is 6.68. The largest absolute Gasteiger partial charge is 0.496 e. The predicted molar refractivity (Wildman–Crippen MR) is 135 cm³/mol. The van der Waals surface area contributed by atoms with E-state index < -0.39 is 11.8 Å². The molecule has 0 saturated carbocycles. The Morgan fingerprint density at radius 2 is 1.03 bits per heavy atom. The van der Waals surface area contributed by atoms with Crippen molar-refractivity contribution in [2.75, 3.05) is 49.3 Å². The molecule has 0 atom stereocenters. The van der Waals surface area contributed by atoms with Crippen molar-refractivity contribution < 1.29 is 47.4 Å². The van der Waals surface area contributed by atoms with Gasteiger partial charge >= 0.3 is 5.97 Å². The molecule has 10 nitrogen and oxygen atoms in total. The van der Waals surface area contributed by atoms with Crippen LogP contribution in [0.4, 0.5) is 0 Å². The molecule has 0 aromatic heterocycles. The number of hydrogen-bond donors (Lipinski definition) is 0. The van der Waals surface area contributed by atoms with Gasteiger partial charge in [-0.15, -0.1) is 0 Å². The standard InChI is InChI=1S/C27H32O10/c1-9-35-27(2)36-24(14-18-20(31-5)10-16(29-3)11-21(18)32-6)26(28)25(37-27)15-19-22(33-7)12-17(30-4)13-23(19)34-8/h10-15H,9H2,1-8H3. The summed E-state index contributed by atoms with van der Waals surface area (Å²) in [5.74, 6) is 0.437. The lowest BCUT2D eigenvalue weighted by Crippen LogP contribution is -2.42. The zero-order chi connectivity index (χ0) is 27.2. The Bertz CT molecular complexity index is 1060. The maximum atomic E-state index is 13.6. The monoisotopic (exact) mass is 516 g/mol. The molecule has 1 aliphatic rings. The fourth-order valence-electron chi connectivity index (χ4n) is 3.76. The number of carbonyl (C=O) groups excluding carboxylic acids is 1. The molecule has 0 unspecified atom stereocenters. The van der Waals surface area contributed by atoms with Crippen LogP contribution in [0.15, 0.2) is 35.8 Å². The predicted octanol–water partition coefficient (Wildman–Crippen LogP) is 4.45. The van der Waals surface area contributed by atoms with Crippen LogP contribution in [0.25, 0.3) is 12.2 Å². The summed E-state index contributed by atoms with van der Waals surface area (Å²) in [6.07, 6.45) is 3.02. The average Bonchev–Trinajstić information content (AvgIpc) is 2.91. The molecular formula is C27H32O10. The van der Waals surface area contributed by atoms with Gasteiger partial charge in [0.1, 0.15) is 34.5 Å². The molecule has 0 aliphatic carbocycles. The minimum atomic E-state index is -1.60. The highest BCUT2D eigenvalue weighted by Gasteiger charge is 2.42. The maximum absolute atomic E-state index is 13.6. The topological polar surface area (TPSA) is 100 Å². The van der Waals surface area contributed by atoms with E-state index in [9.17, 15) is 4.79 Å². The van der Waals surface area contributed by atoms with Crippen LogP contribution in [0.2, 0.25) is 0 Å². The van der Waals surface area contributed by atoms with Gasteiger partial charge in [-0.2, -0.15) is 0 Å².